The first-order chi connectivity index (χ1) is 21.7. The number of nitrogens with zero attached hydrogens (tertiary/aromatic N) is 1. The van der Waals surface area contributed by atoms with Crippen molar-refractivity contribution >= 4 is 24.0 Å². The van der Waals surface area contributed by atoms with E-state index in [4.69, 9.17) is 10.5 Å². The summed E-state index contributed by atoms with van der Waals surface area (Å²) >= 11 is 0. The lowest BCUT2D eigenvalue weighted by molar-refractivity contribution is -0.910. The summed E-state index contributed by atoms with van der Waals surface area (Å²) in [6, 6.07) is 0. The third kappa shape index (κ3) is 41.5. The molecule has 0 heterocycles. The highest BCUT2D eigenvalue weighted by Crippen LogP contribution is 2.17. The normalized spacial score (nSPS) is 11.5. The van der Waals surface area contributed by atoms with Gasteiger partial charge in [0.2, 0.25) is 0 Å². The van der Waals surface area contributed by atoms with Crippen molar-refractivity contribution in [2.24, 2.45) is 5.73 Å². The molecule has 0 amide bonds. The fraction of sp³-hybridized carbons (Fsp3) is 1.00. The van der Waals surface area contributed by atoms with Gasteiger partial charge in [0.1, 0.15) is 6.54 Å². The van der Waals surface area contributed by atoms with Gasteiger partial charge < -0.3 is 38.9 Å². The standard InChI is InChI=1S/C41H87N2O.2HI/c1-4-6-8-10-12-14-16-18-20-22-24-26-28-30-32-34-37-43(3,39-41-44-40-36-42)38-35-33-31-29-27-25-23-21-19-17-15-13-11-9-7-5-2;;/h4-42H2,1-3H3;2*1H/q+1;;/p-1. The van der Waals surface area contributed by atoms with Crippen LogP contribution in [0.3, 0.4) is 0 Å². The van der Waals surface area contributed by atoms with Gasteiger partial charge in [0.25, 0.3) is 0 Å². The average molecular weight is 879 g/mol. The number of unbranched alkanes of at least 4 members (excludes halogenated alkanes) is 30. The van der Waals surface area contributed by atoms with E-state index < -0.39 is 0 Å². The molecule has 0 radical (unpaired) electrons. The van der Waals surface area contributed by atoms with Gasteiger partial charge in [0.05, 0.1) is 33.4 Å². The van der Waals surface area contributed by atoms with Gasteiger partial charge in [-0.05, 0) is 25.7 Å². The molecule has 0 rings (SSSR count). The van der Waals surface area contributed by atoms with Crippen LogP contribution in [0.15, 0.2) is 0 Å². The van der Waals surface area contributed by atoms with Crippen molar-refractivity contribution in [3.63, 3.8) is 0 Å². The number of hydrogen-bond donors (Lipinski definition) is 1. The van der Waals surface area contributed by atoms with Crippen molar-refractivity contribution in [1.82, 2.24) is 0 Å². The van der Waals surface area contributed by atoms with Gasteiger partial charge >= 0.3 is 0 Å². The molecule has 0 atom stereocenters. The van der Waals surface area contributed by atoms with E-state index in [0.29, 0.717) is 13.2 Å². The van der Waals surface area contributed by atoms with Gasteiger partial charge in [-0.25, -0.2) is 0 Å². The highest BCUT2D eigenvalue weighted by molar-refractivity contribution is 14.0. The van der Waals surface area contributed by atoms with Crippen LogP contribution in [0.4, 0.5) is 0 Å². The van der Waals surface area contributed by atoms with Crippen LogP contribution in [-0.2, 0) is 4.74 Å². The maximum Gasteiger partial charge on any atom is 0.102 e. The van der Waals surface area contributed by atoms with Gasteiger partial charge in [0.15, 0.2) is 0 Å². The molecule has 5 heteroatoms. The average Bonchev–Trinajstić information content (AvgIpc) is 3.03. The van der Waals surface area contributed by atoms with E-state index in [1.54, 1.807) is 0 Å². The summed E-state index contributed by atoms with van der Waals surface area (Å²) in [7, 11) is 2.49. The summed E-state index contributed by atoms with van der Waals surface area (Å²) in [4.78, 5) is 0. The van der Waals surface area contributed by atoms with E-state index in [-0.39, 0.29) is 48.0 Å². The summed E-state index contributed by atoms with van der Waals surface area (Å²) in [5, 5.41) is 0. The van der Waals surface area contributed by atoms with Gasteiger partial charge in [-0.15, -0.1) is 24.0 Å². The van der Waals surface area contributed by atoms with E-state index in [0.717, 1.165) is 13.2 Å². The molecular weight excluding hydrogens is 790 g/mol. The van der Waals surface area contributed by atoms with E-state index >= 15 is 0 Å². The minimum Gasteiger partial charge on any atom is -1.00 e. The minimum absolute atomic E-state index is 0. The third-order valence-corrected chi connectivity index (χ3v) is 10.1. The zero-order chi connectivity index (χ0) is 32.1. The van der Waals surface area contributed by atoms with Gasteiger partial charge in [-0.3, -0.25) is 0 Å². The van der Waals surface area contributed by atoms with Crippen LogP contribution in [0, 0.1) is 0 Å². The maximum atomic E-state index is 5.80. The van der Waals surface area contributed by atoms with Crippen molar-refractivity contribution in [3.05, 3.63) is 0 Å². The summed E-state index contributed by atoms with van der Waals surface area (Å²) in [5.41, 5.74) is 5.65. The molecule has 0 aromatic carbocycles. The van der Waals surface area contributed by atoms with Gasteiger partial charge in [-0.2, -0.15) is 0 Å². The van der Waals surface area contributed by atoms with Crippen LogP contribution in [0.5, 0.6) is 0 Å². The Hall–Kier alpha value is 1.34. The van der Waals surface area contributed by atoms with Crippen LogP contribution in [0.2, 0.25) is 0 Å². The first-order valence-corrected chi connectivity index (χ1v) is 20.8. The SMILES string of the molecule is CCCCCCCCCCCCCCCCCC[N+](C)(CCCCCCCCCCCCCCCCCC)CCOCCN.I.[I-]. The molecule has 46 heavy (non-hydrogen) atoms. The second-order valence-electron chi connectivity index (χ2n) is 14.8. The van der Waals surface area contributed by atoms with Crippen molar-refractivity contribution in [3.8, 4) is 0 Å². The minimum atomic E-state index is 0. The number of quaternary nitrogens is 1. The Labute approximate surface area is 326 Å². The zero-order valence-corrected chi connectivity index (χ0v) is 36.6. The number of likely N-dealkylation sites (N-methyl/N-ethyl adjacent to an activating group) is 1. The predicted molar refractivity (Wildman–Crippen MR) is 215 cm³/mol. The van der Waals surface area contributed by atoms with Crippen molar-refractivity contribution < 1.29 is 33.2 Å². The zero-order valence-electron chi connectivity index (χ0n) is 32.1. The number of ether oxygens (including phenoxy) is 1. The summed E-state index contributed by atoms with van der Waals surface area (Å²) in [5.74, 6) is 0. The number of hydrogen-bond acceptors (Lipinski definition) is 2. The topological polar surface area (TPSA) is 35.2 Å². The Morgan fingerprint density at radius 1 is 0.370 bits per heavy atom. The molecule has 282 valence electrons. The highest BCUT2D eigenvalue weighted by atomic mass is 127. The Balaban J connectivity index is -0.00000924. The van der Waals surface area contributed by atoms with Crippen LogP contribution in [-0.4, -0.2) is 50.9 Å². The molecule has 0 aromatic rings. The Kier molecular flexibility index (Phi) is 49.9. The molecule has 0 unspecified atom stereocenters. The molecule has 0 aliphatic rings. The predicted octanol–water partition coefficient (Wildman–Crippen LogP) is 10.6. The molecule has 2 N–H and O–H groups in total. The van der Waals surface area contributed by atoms with E-state index in [1.807, 2.05) is 0 Å². The van der Waals surface area contributed by atoms with Crippen molar-refractivity contribution in [2.75, 3.05) is 46.4 Å². The molecule has 0 fully saturated rings. The summed E-state index contributed by atoms with van der Waals surface area (Å²) in [6.07, 6.45) is 46.2. The molecule has 0 saturated carbocycles. The second-order valence-corrected chi connectivity index (χ2v) is 14.8. The highest BCUT2D eigenvalue weighted by Gasteiger charge is 2.20. The van der Waals surface area contributed by atoms with Crippen LogP contribution < -0.4 is 29.7 Å². The lowest BCUT2D eigenvalue weighted by atomic mass is 10.0. The molecular formula is C41H88I2N2O. The van der Waals surface area contributed by atoms with E-state index in [9.17, 15) is 0 Å². The quantitative estimate of drug-likeness (QED) is 0.0379. The fourth-order valence-corrected chi connectivity index (χ4v) is 6.89. The van der Waals surface area contributed by atoms with Gasteiger partial charge in [-0.1, -0.05) is 194 Å². The van der Waals surface area contributed by atoms with Crippen LogP contribution >= 0.6 is 24.0 Å². The monoisotopic (exact) mass is 878 g/mol. The first kappa shape index (κ1) is 51.7. The molecule has 0 aliphatic carbocycles. The summed E-state index contributed by atoms with van der Waals surface area (Å²) < 4.78 is 7.00. The largest absolute Gasteiger partial charge is 1.00 e. The van der Waals surface area contributed by atoms with Crippen molar-refractivity contribution in [2.45, 2.75) is 219 Å². The molecule has 0 saturated heterocycles. The van der Waals surface area contributed by atoms with Crippen LogP contribution in [0.1, 0.15) is 219 Å². The molecule has 0 aromatic heterocycles. The Morgan fingerprint density at radius 3 is 0.848 bits per heavy atom. The molecule has 0 bridgehead atoms. The second kappa shape index (κ2) is 44.4. The smallest absolute Gasteiger partial charge is 0.102 e. The molecule has 3 nitrogen and oxygen atoms in total. The fourth-order valence-electron chi connectivity index (χ4n) is 6.89. The first-order valence-electron chi connectivity index (χ1n) is 20.8. The lowest BCUT2D eigenvalue weighted by Crippen LogP contribution is -3.00. The molecule has 0 spiro atoms. The number of halogens is 2. The van der Waals surface area contributed by atoms with Crippen molar-refractivity contribution in [1.29, 1.82) is 0 Å². The van der Waals surface area contributed by atoms with E-state index in [1.165, 1.54) is 223 Å². The maximum absolute atomic E-state index is 5.80. The van der Waals surface area contributed by atoms with Gasteiger partial charge in [0, 0.05) is 6.54 Å². The lowest BCUT2D eigenvalue weighted by Gasteiger charge is -2.35. The number of nitrogens with two attached hydrogens (primary N) is 1. The third-order valence-electron chi connectivity index (χ3n) is 10.1. The van der Waals surface area contributed by atoms with Crippen LogP contribution in [0.25, 0.3) is 0 Å². The van der Waals surface area contributed by atoms with E-state index in [2.05, 4.69) is 20.9 Å². The Bertz CT molecular complexity index is 487. The summed E-state index contributed by atoms with van der Waals surface area (Å²) in [6.45, 7) is 10.6. The number of rotatable bonds is 39. The molecule has 0 aliphatic heterocycles. The Morgan fingerprint density at radius 2 is 0.609 bits per heavy atom.